The van der Waals surface area contributed by atoms with Crippen molar-refractivity contribution in [1.29, 1.82) is 0 Å². The normalized spacial score (nSPS) is 15.9. The number of carbonyl (C=O) groups is 1. The number of piperazine rings is 1. The number of anilines is 1. The van der Waals surface area contributed by atoms with Crippen molar-refractivity contribution >= 4 is 33.4 Å². The Morgan fingerprint density at radius 3 is 2.39 bits per heavy atom. The molecule has 1 saturated heterocycles. The van der Waals surface area contributed by atoms with Gasteiger partial charge in [0.25, 0.3) is 11.5 Å². The highest BCUT2D eigenvalue weighted by Gasteiger charge is 2.31. The number of fused-ring (bicyclic) bond motifs is 3. The molecule has 3 heterocycles. The second-order valence-electron chi connectivity index (χ2n) is 10.3. The predicted octanol–water partition coefficient (Wildman–Crippen LogP) is 4.85. The summed E-state index contributed by atoms with van der Waals surface area (Å²) < 4.78 is 3.26. The van der Waals surface area contributed by atoms with Gasteiger partial charge in [0.1, 0.15) is 5.52 Å². The molecule has 1 unspecified atom stereocenters. The fraction of sp³-hybridized carbons (Fsp3) is 0.258. The first kappa shape index (κ1) is 24.0. The van der Waals surface area contributed by atoms with Crippen LogP contribution < -0.4 is 10.5 Å². The Hall–Kier alpha value is -4.39. The highest BCUT2D eigenvalue weighted by molar-refractivity contribution is 6.16. The number of rotatable bonds is 3. The first-order chi connectivity index (χ1) is 18.3. The predicted molar refractivity (Wildman–Crippen MR) is 152 cm³/mol. The lowest BCUT2D eigenvalue weighted by atomic mass is 10.1. The van der Waals surface area contributed by atoms with Crippen LogP contribution in [-0.2, 0) is 7.05 Å². The monoisotopic (exact) mass is 505 g/mol. The number of aromatic nitrogens is 3. The molecule has 7 heteroatoms. The molecule has 0 spiro atoms. The maximum atomic E-state index is 14.2. The van der Waals surface area contributed by atoms with Gasteiger partial charge in [-0.3, -0.25) is 9.59 Å². The lowest BCUT2D eigenvalue weighted by Crippen LogP contribution is -2.54. The van der Waals surface area contributed by atoms with Gasteiger partial charge >= 0.3 is 0 Å². The van der Waals surface area contributed by atoms with Gasteiger partial charge in [-0.25, -0.2) is 0 Å². The van der Waals surface area contributed by atoms with Gasteiger partial charge in [0.05, 0.1) is 5.69 Å². The first-order valence-corrected chi connectivity index (χ1v) is 13.0. The second-order valence-corrected chi connectivity index (χ2v) is 10.3. The number of hydrogen-bond donors (Lipinski definition) is 0. The minimum Gasteiger partial charge on any atom is -0.365 e. The molecule has 192 valence electrons. The lowest BCUT2D eigenvalue weighted by Gasteiger charge is -2.41. The summed E-state index contributed by atoms with van der Waals surface area (Å²) in [6, 6.07) is 24.1. The molecule has 1 atom stereocenters. The van der Waals surface area contributed by atoms with E-state index in [0.29, 0.717) is 35.4 Å². The Kier molecular flexibility index (Phi) is 5.79. The van der Waals surface area contributed by atoms with Crippen LogP contribution in [0.15, 0.2) is 77.6 Å². The molecule has 0 radical (unpaired) electrons. The number of aryl methyl sites for hydroxylation is 3. The number of nitrogens with zero attached hydrogens (tertiary/aromatic N) is 5. The van der Waals surface area contributed by atoms with Gasteiger partial charge in [-0.15, -0.1) is 0 Å². The van der Waals surface area contributed by atoms with E-state index in [1.807, 2.05) is 72.0 Å². The van der Waals surface area contributed by atoms with E-state index < -0.39 is 0 Å². The van der Waals surface area contributed by atoms with Crippen molar-refractivity contribution in [3.63, 3.8) is 0 Å². The third kappa shape index (κ3) is 3.86. The molecule has 1 amide bonds. The summed E-state index contributed by atoms with van der Waals surface area (Å²) in [5.41, 5.74) is 5.57. The van der Waals surface area contributed by atoms with Crippen LogP contribution >= 0.6 is 0 Å². The molecular weight excluding hydrogens is 474 g/mol. The van der Waals surface area contributed by atoms with Crippen LogP contribution in [0, 0.1) is 13.8 Å². The Balaban J connectivity index is 1.47. The molecule has 0 saturated carbocycles. The maximum Gasteiger partial charge on any atom is 0.296 e. The van der Waals surface area contributed by atoms with Crippen LogP contribution in [0.2, 0.25) is 0 Å². The summed E-state index contributed by atoms with van der Waals surface area (Å²) in [5.74, 6) is -0.150. The van der Waals surface area contributed by atoms with Crippen LogP contribution in [0.3, 0.4) is 0 Å². The Labute approximate surface area is 221 Å². The van der Waals surface area contributed by atoms with Gasteiger partial charge in [0, 0.05) is 54.7 Å². The number of benzene rings is 3. The average Bonchev–Trinajstić information content (AvgIpc) is 3.22. The van der Waals surface area contributed by atoms with Gasteiger partial charge in [-0.2, -0.15) is 9.78 Å². The molecule has 6 rings (SSSR count). The SMILES string of the molecule is Cc1ccc(-n2nc(C(=O)N3CCN(c4cccc(C)c4)C(C)C3)c3c4ccccc4n(C)c3c2=O)cc1. The Morgan fingerprint density at radius 1 is 0.895 bits per heavy atom. The van der Waals surface area contributed by atoms with Crippen LogP contribution in [0.25, 0.3) is 27.5 Å². The summed E-state index contributed by atoms with van der Waals surface area (Å²) in [6.07, 6.45) is 0. The van der Waals surface area contributed by atoms with E-state index in [0.717, 1.165) is 23.0 Å². The molecule has 38 heavy (non-hydrogen) atoms. The fourth-order valence-corrected chi connectivity index (χ4v) is 5.67. The quantitative estimate of drug-likeness (QED) is 0.352. The van der Waals surface area contributed by atoms with E-state index in [4.69, 9.17) is 5.10 Å². The van der Waals surface area contributed by atoms with Gasteiger partial charge in [0.2, 0.25) is 0 Å². The van der Waals surface area contributed by atoms with Gasteiger partial charge in [-0.1, -0.05) is 48.0 Å². The molecule has 7 nitrogen and oxygen atoms in total. The summed E-state index contributed by atoms with van der Waals surface area (Å²) in [4.78, 5) is 32.2. The summed E-state index contributed by atoms with van der Waals surface area (Å²) in [6.45, 7) is 8.12. The van der Waals surface area contributed by atoms with Crippen molar-refractivity contribution in [3.8, 4) is 5.69 Å². The van der Waals surface area contributed by atoms with E-state index in [1.54, 1.807) is 0 Å². The smallest absolute Gasteiger partial charge is 0.296 e. The van der Waals surface area contributed by atoms with Crippen molar-refractivity contribution in [2.75, 3.05) is 24.5 Å². The van der Waals surface area contributed by atoms with Crippen molar-refractivity contribution in [1.82, 2.24) is 19.2 Å². The molecular formula is C31H31N5O2. The van der Waals surface area contributed by atoms with E-state index >= 15 is 0 Å². The Bertz CT molecular complexity index is 1750. The zero-order valence-corrected chi connectivity index (χ0v) is 22.2. The standard InChI is InChI=1S/C31H31N5O2/c1-20-12-14-23(15-13-20)36-31(38)29-27(25-10-5-6-11-26(25)33(29)4)28(32-36)30(37)34-16-17-35(22(3)19-34)24-9-7-8-21(2)18-24/h5-15,18,22H,16-17,19H2,1-4H3. The third-order valence-corrected chi connectivity index (χ3v) is 7.67. The van der Waals surface area contributed by atoms with Crippen LogP contribution in [0.4, 0.5) is 5.69 Å². The van der Waals surface area contributed by atoms with Crippen molar-refractivity contribution in [2.45, 2.75) is 26.8 Å². The van der Waals surface area contributed by atoms with Gasteiger partial charge < -0.3 is 14.4 Å². The van der Waals surface area contributed by atoms with E-state index in [-0.39, 0.29) is 17.5 Å². The first-order valence-electron chi connectivity index (χ1n) is 13.0. The number of amides is 1. The molecule has 5 aromatic rings. The summed E-state index contributed by atoms with van der Waals surface area (Å²) >= 11 is 0. The molecule has 1 fully saturated rings. The van der Waals surface area contributed by atoms with Crippen molar-refractivity contribution < 1.29 is 4.79 Å². The summed E-state index contributed by atoms with van der Waals surface area (Å²) in [7, 11) is 1.88. The fourth-order valence-electron chi connectivity index (χ4n) is 5.67. The molecule has 0 aliphatic carbocycles. The van der Waals surface area contributed by atoms with E-state index in [9.17, 15) is 9.59 Å². The number of para-hydroxylation sites is 1. The second kappa shape index (κ2) is 9.17. The zero-order valence-electron chi connectivity index (χ0n) is 22.2. The van der Waals surface area contributed by atoms with Gasteiger partial charge in [0.15, 0.2) is 5.69 Å². The third-order valence-electron chi connectivity index (χ3n) is 7.67. The molecule has 2 aromatic heterocycles. The largest absolute Gasteiger partial charge is 0.365 e. The van der Waals surface area contributed by atoms with Crippen molar-refractivity contribution in [3.05, 3.63) is 100.0 Å². The highest BCUT2D eigenvalue weighted by atomic mass is 16.2. The molecule has 0 N–H and O–H groups in total. The van der Waals surface area contributed by atoms with Crippen LogP contribution in [0.5, 0.6) is 0 Å². The summed E-state index contributed by atoms with van der Waals surface area (Å²) in [5, 5.41) is 6.22. The zero-order chi connectivity index (χ0) is 26.6. The lowest BCUT2D eigenvalue weighted by molar-refractivity contribution is 0.0721. The molecule has 1 aliphatic rings. The molecule has 3 aromatic carbocycles. The maximum absolute atomic E-state index is 14.2. The molecule has 0 bridgehead atoms. The minimum absolute atomic E-state index is 0.139. The van der Waals surface area contributed by atoms with Crippen LogP contribution in [-0.4, -0.2) is 50.8 Å². The topological polar surface area (TPSA) is 63.4 Å². The van der Waals surface area contributed by atoms with Gasteiger partial charge in [-0.05, 0) is 56.7 Å². The highest BCUT2D eigenvalue weighted by Crippen LogP contribution is 2.30. The average molecular weight is 506 g/mol. The number of hydrogen-bond acceptors (Lipinski definition) is 4. The Morgan fingerprint density at radius 2 is 1.66 bits per heavy atom. The molecule has 1 aliphatic heterocycles. The van der Waals surface area contributed by atoms with Crippen LogP contribution in [0.1, 0.15) is 28.5 Å². The van der Waals surface area contributed by atoms with E-state index in [2.05, 4.69) is 43.0 Å². The van der Waals surface area contributed by atoms with Crippen molar-refractivity contribution in [2.24, 2.45) is 7.05 Å². The number of carbonyl (C=O) groups excluding carboxylic acids is 1. The minimum atomic E-state index is -0.239. The van der Waals surface area contributed by atoms with E-state index in [1.165, 1.54) is 15.9 Å².